The quantitative estimate of drug-likeness (QED) is 0.0308. The molecule has 0 rings (SSSR count). The Balaban J connectivity index is 3.56. The molecule has 0 aliphatic heterocycles. The number of hydrogen-bond donors (Lipinski definition) is 5. The van der Waals surface area contributed by atoms with Gasteiger partial charge in [-0.25, -0.2) is 0 Å². The second-order valence-electron chi connectivity index (χ2n) is 20.3. The van der Waals surface area contributed by atoms with Gasteiger partial charge in [0.1, 0.15) is 12.2 Å². The van der Waals surface area contributed by atoms with Crippen LogP contribution in [0.1, 0.15) is 296 Å². The molecule has 1 amide bonds. The highest BCUT2D eigenvalue weighted by Gasteiger charge is 2.28. The summed E-state index contributed by atoms with van der Waals surface area (Å²) < 4.78 is 0. The Morgan fingerprint density at radius 2 is 0.691 bits per heavy atom. The van der Waals surface area contributed by atoms with Crippen LogP contribution in [-0.4, -0.2) is 57.3 Å². The van der Waals surface area contributed by atoms with Gasteiger partial charge in [-0.3, -0.25) is 4.79 Å². The molecule has 5 N–H and O–H groups in total. The van der Waals surface area contributed by atoms with E-state index in [1.165, 1.54) is 199 Å². The average Bonchev–Trinajstić information content (AvgIpc) is 3.34. The number of carbonyl (C=O) groups excluding carboxylic acids is 1. The van der Waals surface area contributed by atoms with Gasteiger partial charge in [-0.2, -0.15) is 0 Å². The van der Waals surface area contributed by atoms with Crippen molar-refractivity contribution in [3.63, 3.8) is 0 Å². The van der Waals surface area contributed by atoms with Gasteiger partial charge < -0.3 is 25.7 Å². The molecule has 6 heteroatoms. The first kappa shape index (κ1) is 66.0. The average molecular weight is 955 g/mol. The summed E-state index contributed by atoms with van der Waals surface area (Å²) >= 11 is 0. The molecular formula is C62H115NO5. The zero-order valence-electron chi connectivity index (χ0n) is 45.1. The second-order valence-corrected chi connectivity index (χ2v) is 20.3. The van der Waals surface area contributed by atoms with E-state index in [4.69, 9.17) is 0 Å². The lowest BCUT2D eigenvalue weighted by molar-refractivity contribution is -0.132. The molecule has 0 aromatic carbocycles. The summed E-state index contributed by atoms with van der Waals surface area (Å²) in [5, 5.41) is 43.8. The van der Waals surface area contributed by atoms with Crippen LogP contribution in [-0.2, 0) is 4.79 Å². The van der Waals surface area contributed by atoms with E-state index in [1.54, 1.807) is 0 Å². The van der Waals surface area contributed by atoms with Crippen LogP contribution in [0.2, 0.25) is 0 Å². The van der Waals surface area contributed by atoms with E-state index in [2.05, 4.69) is 79.9 Å². The fraction of sp³-hybridized carbons (Fsp3) is 0.823. The van der Waals surface area contributed by atoms with Gasteiger partial charge in [0.15, 0.2) is 0 Å². The van der Waals surface area contributed by atoms with E-state index in [9.17, 15) is 25.2 Å². The lowest BCUT2D eigenvalue weighted by Gasteiger charge is -2.27. The number of allylic oxidation sites excluding steroid dienone is 10. The molecule has 0 aliphatic carbocycles. The molecule has 0 fully saturated rings. The summed E-state index contributed by atoms with van der Waals surface area (Å²) in [7, 11) is 0. The number of hydrogen-bond acceptors (Lipinski definition) is 5. The maximum Gasteiger partial charge on any atom is 0.249 e. The number of nitrogens with one attached hydrogen (secondary N) is 1. The van der Waals surface area contributed by atoms with Crippen LogP contribution < -0.4 is 5.32 Å². The monoisotopic (exact) mass is 954 g/mol. The maximum atomic E-state index is 12.6. The summed E-state index contributed by atoms with van der Waals surface area (Å²) in [6.07, 6.45) is 73.2. The van der Waals surface area contributed by atoms with Crippen molar-refractivity contribution in [2.24, 2.45) is 0 Å². The Morgan fingerprint density at radius 1 is 0.368 bits per heavy atom. The van der Waals surface area contributed by atoms with E-state index in [0.29, 0.717) is 19.3 Å². The first-order valence-corrected chi connectivity index (χ1v) is 29.7. The molecule has 0 aliphatic rings. The van der Waals surface area contributed by atoms with Gasteiger partial charge in [0.2, 0.25) is 5.91 Å². The first-order chi connectivity index (χ1) is 33.5. The summed E-state index contributed by atoms with van der Waals surface area (Å²) in [6.45, 7) is 3.98. The first-order valence-electron chi connectivity index (χ1n) is 29.7. The van der Waals surface area contributed by atoms with Crippen molar-refractivity contribution >= 4 is 5.91 Å². The van der Waals surface area contributed by atoms with E-state index in [-0.39, 0.29) is 0 Å². The number of rotatable bonds is 54. The predicted molar refractivity (Wildman–Crippen MR) is 297 cm³/mol. The molecule has 0 aromatic rings. The van der Waals surface area contributed by atoms with Crippen molar-refractivity contribution in [3.8, 4) is 0 Å². The summed E-state index contributed by atoms with van der Waals surface area (Å²) in [6, 6.07) is -1.01. The van der Waals surface area contributed by atoms with Crippen molar-refractivity contribution in [2.75, 3.05) is 6.61 Å². The molecule has 0 bridgehead atoms. The van der Waals surface area contributed by atoms with Crippen molar-refractivity contribution < 1.29 is 25.2 Å². The Hall–Kier alpha value is -1.99. The molecule has 4 atom stereocenters. The molecule has 4 unspecified atom stereocenters. The molecule has 0 radical (unpaired) electrons. The van der Waals surface area contributed by atoms with Gasteiger partial charge in [-0.15, -0.1) is 0 Å². The van der Waals surface area contributed by atoms with Gasteiger partial charge in [-0.05, 0) is 89.9 Å². The van der Waals surface area contributed by atoms with Gasteiger partial charge in [0, 0.05) is 0 Å². The standard InChI is InChI=1S/C62H115NO5/c1-3-5-7-9-11-13-15-17-19-20-21-22-23-24-25-26-27-28-29-30-31-32-33-34-35-36-37-38-39-40-41-42-44-46-48-50-52-54-56-60(66)62(68)63-58(57-64)61(67)59(65)55-53-51-49-47-45-43-18-16-14-12-10-8-6-4-2/h8,10,16,18,27-28,30-31,47,49,58-61,64-67H,3-7,9,11-15,17,19-26,29,32-46,48,50-57H2,1-2H3,(H,63,68)/b10-8+,18-16+,28-27-,31-30-,49-47+. The lowest BCUT2D eigenvalue weighted by Crippen LogP contribution is -2.53. The molecule has 0 heterocycles. The Kier molecular flexibility index (Phi) is 54.3. The Morgan fingerprint density at radius 3 is 1.07 bits per heavy atom. The van der Waals surface area contributed by atoms with E-state index >= 15 is 0 Å². The van der Waals surface area contributed by atoms with E-state index in [0.717, 1.165) is 64.2 Å². The minimum atomic E-state index is -1.29. The summed E-state index contributed by atoms with van der Waals surface area (Å²) in [5.41, 5.74) is 0. The van der Waals surface area contributed by atoms with Crippen molar-refractivity contribution in [3.05, 3.63) is 60.8 Å². The zero-order chi connectivity index (χ0) is 49.5. The largest absolute Gasteiger partial charge is 0.394 e. The summed E-state index contributed by atoms with van der Waals surface area (Å²) in [5.74, 6) is -0.599. The normalized spacial score (nSPS) is 14.1. The highest BCUT2D eigenvalue weighted by molar-refractivity contribution is 5.80. The van der Waals surface area contributed by atoms with Crippen LogP contribution in [0.15, 0.2) is 60.8 Å². The molecule has 0 saturated carbocycles. The van der Waals surface area contributed by atoms with Crippen LogP contribution in [0.5, 0.6) is 0 Å². The van der Waals surface area contributed by atoms with Crippen molar-refractivity contribution in [1.29, 1.82) is 0 Å². The number of amides is 1. The van der Waals surface area contributed by atoms with Crippen LogP contribution in [0.25, 0.3) is 0 Å². The Bertz CT molecular complexity index is 1160. The minimum Gasteiger partial charge on any atom is -0.394 e. The number of aliphatic hydroxyl groups is 4. The maximum absolute atomic E-state index is 12.6. The highest BCUT2D eigenvalue weighted by Crippen LogP contribution is 2.17. The lowest BCUT2D eigenvalue weighted by atomic mass is 10.00. The molecule has 398 valence electrons. The van der Waals surface area contributed by atoms with Crippen molar-refractivity contribution in [1.82, 2.24) is 5.32 Å². The van der Waals surface area contributed by atoms with Crippen molar-refractivity contribution in [2.45, 2.75) is 321 Å². The second kappa shape index (κ2) is 55.9. The molecule has 0 saturated heterocycles. The third-order valence-corrected chi connectivity index (χ3v) is 13.6. The molecule has 0 aromatic heterocycles. The van der Waals surface area contributed by atoms with Crippen LogP contribution in [0.3, 0.4) is 0 Å². The number of carbonyl (C=O) groups is 1. The van der Waals surface area contributed by atoms with Gasteiger partial charge >= 0.3 is 0 Å². The van der Waals surface area contributed by atoms with E-state index < -0.39 is 36.9 Å². The van der Waals surface area contributed by atoms with E-state index in [1.807, 2.05) is 0 Å². The topological polar surface area (TPSA) is 110 Å². The predicted octanol–water partition coefficient (Wildman–Crippen LogP) is 17.5. The molecule has 68 heavy (non-hydrogen) atoms. The fourth-order valence-electron chi connectivity index (χ4n) is 9.01. The molecule has 0 spiro atoms. The third kappa shape index (κ3) is 49.0. The number of unbranched alkanes of at least 4 members (excludes halogenated alkanes) is 35. The van der Waals surface area contributed by atoms with Crippen LogP contribution >= 0.6 is 0 Å². The van der Waals surface area contributed by atoms with Gasteiger partial charge in [-0.1, -0.05) is 267 Å². The molecule has 6 nitrogen and oxygen atoms in total. The fourth-order valence-corrected chi connectivity index (χ4v) is 9.01. The SMILES string of the molecule is CCC/C=C/CC/C=C/CC/C=C/CCCC(O)C(O)C(CO)NC(=O)C(O)CCCCCCCCCCCCCCCCCC/C=C\C/C=C\CCCCCCCCCCCCCCCCC. The van der Waals surface area contributed by atoms with Gasteiger partial charge in [0.05, 0.1) is 18.8 Å². The highest BCUT2D eigenvalue weighted by atomic mass is 16.3. The van der Waals surface area contributed by atoms with Gasteiger partial charge in [0.25, 0.3) is 0 Å². The summed E-state index contributed by atoms with van der Waals surface area (Å²) in [4.78, 5) is 12.6. The zero-order valence-corrected chi connectivity index (χ0v) is 45.1. The Labute approximate surface area is 422 Å². The minimum absolute atomic E-state index is 0.357. The third-order valence-electron chi connectivity index (χ3n) is 13.6. The van der Waals surface area contributed by atoms with Crippen LogP contribution in [0, 0.1) is 0 Å². The molecular weight excluding hydrogens is 839 g/mol. The number of aliphatic hydroxyl groups excluding tert-OH is 4. The van der Waals surface area contributed by atoms with Crippen LogP contribution in [0.4, 0.5) is 0 Å². The smallest absolute Gasteiger partial charge is 0.249 e.